The zero-order valence-corrected chi connectivity index (χ0v) is 7.92. The highest BCUT2D eigenvalue weighted by molar-refractivity contribution is 5.55. The summed E-state index contributed by atoms with van der Waals surface area (Å²) in [7, 11) is 1.83. The summed E-state index contributed by atoms with van der Waals surface area (Å²) in [5.41, 5.74) is 1.07. The maximum Gasteiger partial charge on any atom is 0.0606 e. The molecule has 0 heterocycles. The van der Waals surface area contributed by atoms with Crippen LogP contribution in [-0.4, -0.2) is 30.5 Å². The Kier molecular flexibility index (Phi) is 3.70. The first-order chi connectivity index (χ1) is 6.65. The number of hydrogen-bond donors (Lipinski definition) is 2. The van der Waals surface area contributed by atoms with E-state index in [0.717, 1.165) is 5.69 Å². The van der Waals surface area contributed by atoms with Crippen LogP contribution in [0.25, 0.3) is 0 Å². The second-order valence-corrected chi connectivity index (χ2v) is 2.93. The van der Waals surface area contributed by atoms with Gasteiger partial charge in [-0.25, -0.2) is 0 Å². The number of likely N-dealkylation sites (N-methyl/N-ethyl adjacent to an activating group) is 1. The molecule has 0 amide bonds. The van der Waals surface area contributed by atoms with Crippen LogP contribution in [0.5, 0.6) is 0 Å². The first-order valence-corrected chi connectivity index (χ1v) is 4.23. The van der Waals surface area contributed by atoms with Crippen molar-refractivity contribution in [2.75, 3.05) is 30.3 Å². The second kappa shape index (κ2) is 4.80. The lowest BCUT2D eigenvalue weighted by atomic mass is 10.2. The van der Waals surface area contributed by atoms with E-state index in [1.54, 1.807) is 12.1 Å². The summed E-state index contributed by atoms with van der Waals surface area (Å²) < 4.78 is 0. The first-order valence-electron chi connectivity index (χ1n) is 4.23. The van der Waals surface area contributed by atoms with Crippen molar-refractivity contribution in [3.8, 4) is 0 Å². The monoisotopic (exact) mass is 197 g/mol. The van der Waals surface area contributed by atoms with Crippen LogP contribution in [0.2, 0.25) is 0 Å². The van der Waals surface area contributed by atoms with E-state index in [-0.39, 0.29) is 17.5 Å². The summed E-state index contributed by atoms with van der Waals surface area (Å²) in [5, 5.41) is 27.6. The standard InChI is InChI=1S/C9H13N2O3/c1-10(6-7-12)8-2-4-9(5-3-8)11(13)14/h2-5,12-13H,6-7H2,1H3/q-1. The van der Waals surface area contributed by atoms with Crippen molar-refractivity contribution < 1.29 is 10.3 Å². The summed E-state index contributed by atoms with van der Waals surface area (Å²) in [6, 6.07) is 6.42. The fraction of sp³-hybridized carbons (Fsp3) is 0.333. The molecule has 0 aromatic heterocycles. The van der Waals surface area contributed by atoms with Crippen molar-refractivity contribution in [1.29, 1.82) is 0 Å². The quantitative estimate of drug-likeness (QED) is 0.699. The average Bonchev–Trinajstić information content (AvgIpc) is 2.18. The van der Waals surface area contributed by atoms with Gasteiger partial charge in [-0.15, -0.1) is 0 Å². The van der Waals surface area contributed by atoms with E-state index < -0.39 is 0 Å². The smallest absolute Gasteiger partial charge is 0.0606 e. The lowest BCUT2D eigenvalue weighted by Gasteiger charge is -2.23. The van der Waals surface area contributed by atoms with Crippen molar-refractivity contribution in [1.82, 2.24) is 0 Å². The minimum Gasteiger partial charge on any atom is -0.733 e. The molecule has 0 spiro atoms. The molecule has 0 aliphatic carbocycles. The third kappa shape index (κ3) is 2.59. The molecule has 14 heavy (non-hydrogen) atoms. The Morgan fingerprint density at radius 1 is 1.21 bits per heavy atom. The second-order valence-electron chi connectivity index (χ2n) is 2.93. The molecule has 0 unspecified atom stereocenters. The molecule has 78 valence electrons. The zero-order chi connectivity index (χ0) is 10.6. The maximum absolute atomic E-state index is 10.5. The molecule has 1 rings (SSSR count). The zero-order valence-electron chi connectivity index (χ0n) is 7.92. The van der Waals surface area contributed by atoms with E-state index in [1.807, 2.05) is 11.9 Å². The van der Waals surface area contributed by atoms with Gasteiger partial charge in [0.1, 0.15) is 0 Å². The predicted molar refractivity (Wildman–Crippen MR) is 54.4 cm³/mol. The molecule has 0 bridgehead atoms. The largest absolute Gasteiger partial charge is 0.733 e. The lowest BCUT2D eigenvalue weighted by molar-refractivity contribution is 0.296. The molecule has 0 radical (unpaired) electrons. The van der Waals surface area contributed by atoms with Crippen LogP contribution in [-0.2, 0) is 0 Å². The molecule has 0 aliphatic heterocycles. The summed E-state index contributed by atoms with van der Waals surface area (Å²) >= 11 is 0. The van der Waals surface area contributed by atoms with Gasteiger partial charge in [-0.3, -0.25) is 5.21 Å². The Bertz CT molecular complexity index is 274. The molecule has 0 fully saturated rings. The Hall–Kier alpha value is -1.30. The van der Waals surface area contributed by atoms with Crippen LogP contribution < -0.4 is 10.1 Å². The molecule has 2 N–H and O–H groups in total. The highest BCUT2D eigenvalue weighted by Gasteiger charge is 1.99. The van der Waals surface area contributed by atoms with Gasteiger partial charge in [-0.2, -0.15) is 0 Å². The summed E-state index contributed by atoms with van der Waals surface area (Å²) in [6.45, 7) is 0.603. The van der Waals surface area contributed by atoms with Gasteiger partial charge < -0.3 is 20.4 Å². The number of rotatable bonds is 4. The van der Waals surface area contributed by atoms with Crippen LogP contribution in [0.1, 0.15) is 0 Å². The van der Waals surface area contributed by atoms with Crippen LogP contribution in [0, 0.1) is 5.21 Å². The van der Waals surface area contributed by atoms with Gasteiger partial charge in [-0.05, 0) is 24.3 Å². The van der Waals surface area contributed by atoms with E-state index in [0.29, 0.717) is 6.54 Å². The molecule has 0 atom stereocenters. The lowest BCUT2D eigenvalue weighted by Crippen LogP contribution is -2.21. The van der Waals surface area contributed by atoms with Gasteiger partial charge in [0, 0.05) is 19.3 Å². The van der Waals surface area contributed by atoms with Crippen LogP contribution >= 0.6 is 0 Å². The summed E-state index contributed by atoms with van der Waals surface area (Å²) in [6.07, 6.45) is 0. The fourth-order valence-electron chi connectivity index (χ4n) is 1.11. The average molecular weight is 197 g/mol. The van der Waals surface area contributed by atoms with Crippen molar-refractivity contribution in [2.45, 2.75) is 0 Å². The van der Waals surface area contributed by atoms with Gasteiger partial charge in [0.05, 0.1) is 12.3 Å². The predicted octanol–water partition coefficient (Wildman–Crippen LogP) is 0.808. The fourth-order valence-corrected chi connectivity index (χ4v) is 1.11. The molecule has 1 aromatic carbocycles. The van der Waals surface area contributed by atoms with Gasteiger partial charge in [0.2, 0.25) is 0 Å². The molecule has 5 heteroatoms. The third-order valence-corrected chi connectivity index (χ3v) is 1.95. The van der Waals surface area contributed by atoms with Crippen LogP contribution in [0.3, 0.4) is 0 Å². The van der Waals surface area contributed by atoms with Gasteiger partial charge >= 0.3 is 0 Å². The minimum atomic E-state index is -0.185. The molecule has 1 aromatic rings. The van der Waals surface area contributed by atoms with Crippen LogP contribution in [0.4, 0.5) is 11.4 Å². The number of nitrogens with zero attached hydrogens (tertiary/aromatic N) is 2. The highest BCUT2D eigenvalue weighted by atomic mass is 16.8. The topological polar surface area (TPSA) is 70.0 Å². The third-order valence-electron chi connectivity index (χ3n) is 1.95. The van der Waals surface area contributed by atoms with Gasteiger partial charge in [-0.1, -0.05) is 0 Å². The molecule has 0 saturated carbocycles. The number of hydrogen-bond acceptors (Lipinski definition) is 5. The van der Waals surface area contributed by atoms with E-state index in [1.165, 1.54) is 12.1 Å². The molecular weight excluding hydrogens is 184 g/mol. The minimum absolute atomic E-state index is 0.0753. The van der Waals surface area contributed by atoms with E-state index in [4.69, 9.17) is 10.3 Å². The molecule has 5 nitrogen and oxygen atoms in total. The summed E-state index contributed by atoms with van der Waals surface area (Å²) in [5.74, 6) is 0. The highest BCUT2D eigenvalue weighted by Crippen LogP contribution is 2.18. The Balaban J connectivity index is 2.72. The molecular formula is C9H13N2O3-. The SMILES string of the molecule is CN(CCO)c1ccc(N([O-])O)cc1. The van der Waals surface area contributed by atoms with E-state index in [9.17, 15) is 5.21 Å². The number of aliphatic hydroxyl groups excluding tert-OH is 1. The van der Waals surface area contributed by atoms with Crippen molar-refractivity contribution in [3.05, 3.63) is 29.5 Å². The number of anilines is 2. The normalized spacial score (nSPS) is 10.0. The molecule has 0 saturated heterocycles. The van der Waals surface area contributed by atoms with Gasteiger partial charge in [0.25, 0.3) is 0 Å². The van der Waals surface area contributed by atoms with Crippen molar-refractivity contribution in [2.24, 2.45) is 0 Å². The first kappa shape index (κ1) is 10.8. The Morgan fingerprint density at radius 3 is 2.14 bits per heavy atom. The van der Waals surface area contributed by atoms with Gasteiger partial charge in [0.15, 0.2) is 0 Å². The Labute approximate surface area is 82.3 Å². The van der Waals surface area contributed by atoms with E-state index in [2.05, 4.69) is 0 Å². The Morgan fingerprint density at radius 2 is 1.71 bits per heavy atom. The van der Waals surface area contributed by atoms with Crippen molar-refractivity contribution in [3.63, 3.8) is 0 Å². The summed E-state index contributed by atoms with van der Waals surface area (Å²) in [4.78, 5) is 1.84. The van der Waals surface area contributed by atoms with Crippen molar-refractivity contribution >= 4 is 11.4 Å². The number of aliphatic hydroxyl groups is 1. The van der Waals surface area contributed by atoms with Crippen LogP contribution in [0.15, 0.2) is 24.3 Å². The van der Waals surface area contributed by atoms with E-state index >= 15 is 0 Å². The maximum atomic E-state index is 10.5. The molecule has 0 aliphatic rings. The number of benzene rings is 1.